The molecule has 0 aliphatic rings. The number of hydrogen-bond acceptors (Lipinski definition) is 4. The summed E-state index contributed by atoms with van der Waals surface area (Å²) < 4.78 is 5.53. The van der Waals surface area contributed by atoms with Crippen LogP contribution in [0.4, 0.5) is 5.69 Å². The third-order valence-corrected chi connectivity index (χ3v) is 2.04. The molecule has 0 aliphatic carbocycles. The lowest BCUT2D eigenvalue weighted by atomic mass is 10.3. The summed E-state index contributed by atoms with van der Waals surface area (Å²) in [5.74, 6) is -0.685. The van der Waals surface area contributed by atoms with Crippen LogP contribution in [-0.4, -0.2) is 5.27 Å². The third kappa shape index (κ3) is 1.27. The molecule has 0 bridgehead atoms. The monoisotopic (exact) mass is 211 g/mol. The van der Waals surface area contributed by atoms with Gasteiger partial charge in [0.25, 0.3) is 5.69 Å². The third-order valence-electron chi connectivity index (χ3n) is 1.72. The van der Waals surface area contributed by atoms with Gasteiger partial charge in [-0.25, -0.2) is 0 Å². The smallest absolute Gasteiger partial charge is 0.332 e. The van der Waals surface area contributed by atoms with Crippen molar-refractivity contribution in [1.29, 1.82) is 0 Å². The standard InChI is InChI=1S/C8H6ClN3O2/c9-7-8(13)14-11-12(7)6-4-2-1-3-5(6)10/h1-4H,(H2-,10,11,13). The first-order valence-corrected chi connectivity index (χ1v) is 4.17. The molecule has 0 aliphatic heterocycles. The predicted molar refractivity (Wildman–Crippen MR) is 46.9 cm³/mol. The van der Waals surface area contributed by atoms with Crippen LogP contribution in [0.3, 0.4) is 0 Å². The summed E-state index contributed by atoms with van der Waals surface area (Å²) in [6.07, 6.45) is 0. The fourth-order valence-corrected chi connectivity index (χ4v) is 1.22. The quantitative estimate of drug-likeness (QED) is 0.542. The molecule has 2 aromatic rings. The summed E-state index contributed by atoms with van der Waals surface area (Å²) in [6.45, 7) is 0. The minimum atomic E-state index is -0.685. The van der Waals surface area contributed by atoms with Gasteiger partial charge in [0.05, 0.1) is 5.27 Å². The van der Waals surface area contributed by atoms with Gasteiger partial charge in [-0.15, -0.1) is 0 Å². The number of hydrogen-bond donors (Lipinski definition) is 1. The van der Waals surface area contributed by atoms with Crippen LogP contribution < -0.4 is 15.5 Å². The zero-order valence-corrected chi connectivity index (χ0v) is 7.73. The number of halogens is 1. The molecule has 0 atom stereocenters. The molecule has 14 heavy (non-hydrogen) atoms. The van der Waals surface area contributed by atoms with E-state index in [1.54, 1.807) is 24.3 Å². The second kappa shape index (κ2) is 3.19. The molecule has 6 heteroatoms. The van der Waals surface area contributed by atoms with Crippen molar-refractivity contribution in [2.24, 2.45) is 0 Å². The molecule has 0 amide bonds. The summed E-state index contributed by atoms with van der Waals surface area (Å²) in [6, 6.07) is 6.89. The Bertz CT molecular complexity index is 469. The van der Waals surface area contributed by atoms with Crippen LogP contribution in [-0.2, 0) is 0 Å². The zero-order valence-electron chi connectivity index (χ0n) is 6.98. The molecule has 0 saturated carbocycles. The van der Waals surface area contributed by atoms with Gasteiger partial charge in [-0.2, -0.15) is 0 Å². The number of anilines is 1. The van der Waals surface area contributed by atoms with Crippen LogP contribution in [0.5, 0.6) is 5.95 Å². The Kier molecular flexibility index (Phi) is 2.01. The summed E-state index contributed by atoms with van der Waals surface area (Å²) in [4.78, 5) is 0. The largest absolute Gasteiger partial charge is 0.538 e. The van der Waals surface area contributed by atoms with E-state index in [2.05, 4.69) is 9.79 Å². The van der Waals surface area contributed by atoms with Crippen LogP contribution in [0.2, 0.25) is 5.15 Å². The van der Waals surface area contributed by atoms with Crippen molar-refractivity contribution in [1.82, 2.24) is 5.27 Å². The van der Waals surface area contributed by atoms with Gasteiger partial charge in [0.1, 0.15) is 5.69 Å². The fraction of sp³-hybridized carbons (Fsp3) is 0. The van der Waals surface area contributed by atoms with E-state index in [9.17, 15) is 5.11 Å². The number of benzene rings is 1. The molecule has 2 rings (SSSR count). The molecule has 2 N–H and O–H groups in total. The Labute approximate surface area is 84.3 Å². The molecule has 0 saturated heterocycles. The Balaban J connectivity index is 2.60. The Morgan fingerprint density at radius 3 is 2.71 bits per heavy atom. The minimum Gasteiger partial charge on any atom is -0.538 e. The van der Waals surface area contributed by atoms with Gasteiger partial charge >= 0.3 is 5.15 Å². The highest BCUT2D eigenvalue weighted by Gasteiger charge is 2.19. The van der Waals surface area contributed by atoms with E-state index < -0.39 is 5.95 Å². The van der Waals surface area contributed by atoms with Gasteiger partial charge in [-0.1, -0.05) is 12.1 Å². The molecule has 5 nitrogen and oxygen atoms in total. The lowest BCUT2D eigenvalue weighted by Crippen LogP contribution is -2.34. The van der Waals surface area contributed by atoms with Crippen molar-refractivity contribution >= 4 is 17.3 Å². The van der Waals surface area contributed by atoms with E-state index in [1.165, 1.54) is 0 Å². The van der Waals surface area contributed by atoms with E-state index in [0.717, 1.165) is 4.68 Å². The van der Waals surface area contributed by atoms with Gasteiger partial charge in [0, 0.05) is 6.07 Å². The second-order valence-electron chi connectivity index (χ2n) is 2.62. The first kappa shape index (κ1) is 8.83. The van der Waals surface area contributed by atoms with Crippen LogP contribution >= 0.6 is 11.6 Å². The highest BCUT2D eigenvalue weighted by atomic mass is 35.5. The Morgan fingerprint density at radius 1 is 1.43 bits per heavy atom. The highest BCUT2D eigenvalue weighted by molar-refractivity contribution is 6.29. The van der Waals surface area contributed by atoms with E-state index in [4.69, 9.17) is 17.3 Å². The van der Waals surface area contributed by atoms with Crippen LogP contribution in [0.1, 0.15) is 0 Å². The zero-order chi connectivity index (χ0) is 10.1. The van der Waals surface area contributed by atoms with Gasteiger partial charge in [0.15, 0.2) is 5.95 Å². The van der Waals surface area contributed by atoms with Crippen molar-refractivity contribution in [3.63, 3.8) is 0 Å². The molecular formula is C8H6ClN3O2. The number of nitrogens with zero attached hydrogens (tertiary/aromatic N) is 2. The van der Waals surface area contributed by atoms with E-state index in [-0.39, 0.29) is 5.15 Å². The average molecular weight is 212 g/mol. The molecule has 1 heterocycles. The number of rotatable bonds is 1. The molecule has 1 aromatic heterocycles. The molecule has 0 spiro atoms. The number of para-hydroxylation sites is 2. The fourth-order valence-electron chi connectivity index (χ4n) is 1.07. The summed E-state index contributed by atoms with van der Waals surface area (Å²) in [5, 5.41) is 14.2. The van der Waals surface area contributed by atoms with Crippen molar-refractivity contribution in [2.45, 2.75) is 0 Å². The van der Waals surface area contributed by atoms with Crippen molar-refractivity contribution in [3.05, 3.63) is 29.4 Å². The predicted octanol–water partition coefficient (Wildman–Crippen LogP) is 0.260. The molecule has 0 unspecified atom stereocenters. The topological polar surface area (TPSA) is 79.0 Å². The van der Waals surface area contributed by atoms with Crippen molar-refractivity contribution in [3.8, 4) is 11.6 Å². The Morgan fingerprint density at radius 2 is 2.14 bits per heavy atom. The van der Waals surface area contributed by atoms with Crippen LogP contribution in [0, 0.1) is 0 Å². The SMILES string of the molecule is Nc1ccccc1-[n+]1noc([O-])c1Cl. The molecule has 1 aromatic carbocycles. The van der Waals surface area contributed by atoms with Crippen LogP contribution in [0.25, 0.3) is 5.69 Å². The normalized spacial score (nSPS) is 10.4. The van der Waals surface area contributed by atoms with Gasteiger partial charge in [-0.05, 0) is 22.3 Å². The first-order valence-electron chi connectivity index (χ1n) is 3.79. The van der Waals surface area contributed by atoms with Gasteiger partial charge in [-0.3, -0.25) is 0 Å². The van der Waals surface area contributed by atoms with E-state index >= 15 is 0 Å². The molecule has 72 valence electrons. The number of aromatic nitrogens is 2. The number of nitrogens with two attached hydrogens (primary N) is 1. The summed E-state index contributed by atoms with van der Waals surface area (Å²) in [7, 11) is 0. The summed E-state index contributed by atoms with van der Waals surface area (Å²) in [5.41, 5.74) is 6.65. The molecule has 0 fully saturated rings. The van der Waals surface area contributed by atoms with Crippen LogP contribution in [0.15, 0.2) is 28.8 Å². The van der Waals surface area contributed by atoms with E-state index in [0.29, 0.717) is 11.4 Å². The Hall–Kier alpha value is -1.75. The average Bonchev–Trinajstić information content (AvgIpc) is 2.49. The molecule has 0 radical (unpaired) electrons. The maximum Gasteiger partial charge on any atom is 0.332 e. The summed E-state index contributed by atoms with van der Waals surface area (Å²) >= 11 is 5.65. The number of nitrogen functional groups attached to an aromatic ring is 1. The first-order chi connectivity index (χ1) is 6.70. The highest BCUT2D eigenvalue weighted by Crippen LogP contribution is 2.18. The minimum absolute atomic E-state index is 0.122. The van der Waals surface area contributed by atoms with Gasteiger partial charge in [0.2, 0.25) is 0 Å². The second-order valence-corrected chi connectivity index (χ2v) is 2.98. The lowest BCUT2D eigenvalue weighted by molar-refractivity contribution is -0.667. The van der Waals surface area contributed by atoms with Crippen molar-refractivity contribution in [2.75, 3.05) is 5.73 Å². The molecular weight excluding hydrogens is 206 g/mol. The maximum atomic E-state index is 10.9. The van der Waals surface area contributed by atoms with Gasteiger partial charge < -0.3 is 15.4 Å². The van der Waals surface area contributed by atoms with E-state index in [1.807, 2.05) is 0 Å². The maximum absolute atomic E-state index is 10.9. The van der Waals surface area contributed by atoms with Crippen molar-refractivity contribution < 1.29 is 14.3 Å². The lowest BCUT2D eigenvalue weighted by Gasteiger charge is -1.94.